The highest BCUT2D eigenvalue weighted by molar-refractivity contribution is 7.91. The molecule has 2 saturated heterocycles. The minimum Gasteiger partial charge on any atom is -0.379 e. The van der Waals surface area contributed by atoms with Gasteiger partial charge >= 0.3 is 6.18 Å². The van der Waals surface area contributed by atoms with Crippen LogP contribution in [-0.2, 0) is 20.8 Å². The van der Waals surface area contributed by atoms with Crippen LogP contribution in [0.3, 0.4) is 0 Å². The van der Waals surface area contributed by atoms with E-state index in [-0.39, 0.29) is 16.5 Å². The molecule has 12 heteroatoms. The van der Waals surface area contributed by atoms with Crippen molar-refractivity contribution in [3.63, 3.8) is 0 Å². The van der Waals surface area contributed by atoms with Gasteiger partial charge in [0.25, 0.3) is 5.91 Å². The number of alkyl halides is 3. The van der Waals surface area contributed by atoms with E-state index >= 15 is 0 Å². The van der Waals surface area contributed by atoms with Crippen LogP contribution in [0, 0.1) is 24.3 Å². The number of halogens is 3. The zero-order valence-corrected chi connectivity index (χ0v) is 24.0. The molecule has 0 radical (unpaired) electrons. The normalized spacial score (nSPS) is 18.8. The number of aliphatic hydroxyl groups is 1. The highest BCUT2D eigenvalue weighted by atomic mass is 32.2. The molecule has 2 heterocycles. The molecule has 0 bridgehead atoms. The fourth-order valence-corrected chi connectivity index (χ4v) is 6.82. The Balaban J connectivity index is 1.36. The van der Waals surface area contributed by atoms with E-state index in [1.54, 1.807) is 12.1 Å². The van der Waals surface area contributed by atoms with Crippen molar-refractivity contribution >= 4 is 27.1 Å². The second kappa shape index (κ2) is 12.8. The highest BCUT2D eigenvalue weighted by Crippen LogP contribution is 2.38. The molecule has 0 spiro atoms. The maximum absolute atomic E-state index is 13.3. The zero-order chi connectivity index (χ0) is 30.5. The standard InChI is InChI=1S/C30H33F3N4O4S/c1-29(39,28(38)36-23-7-10-27(34-2)26(19-23)30(31,32)33)20-42(40,41)25-8-5-21(6-9-25)3-4-22-13-17-37(18-14-22)24-11-15-35-16-12-24/h5-10,19,22,24,35,39H,11-18,20H2,1H3,(H,36,38). The van der Waals surface area contributed by atoms with Crippen LogP contribution in [0.2, 0.25) is 0 Å². The lowest BCUT2D eigenvalue weighted by Crippen LogP contribution is -2.46. The third-order valence-corrected chi connectivity index (χ3v) is 9.56. The summed E-state index contributed by atoms with van der Waals surface area (Å²) in [5.41, 5.74) is -4.06. The monoisotopic (exact) mass is 602 g/mol. The summed E-state index contributed by atoms with van der Waals surface area (Å²) in [7, 11) is -4.16. The lowest BCUT2D eigenvalue weighted by molar-refractivity contribution is -0.137. The van der Waals surface area contributed by atoms with Crippen LogP contribution in [0.4, 0.5) is 24.5 Å². The van der Waals surface area contributed by atoms with E-state index in [9.17, 15) is 31.5 Å². The Bertz CT molecular complexity index is 1490. The van der Waals surface area contributed by atoms with Crippen molar-refractivity contribution in [3.8, 4) is 11.8 Å². The first kappa shape index (κ1) is 31.5. The number of carbonyl (C=O) groups excluding carboxylic acids is 1. The third-order valence-electron chi connectivity index (χ3n) is 7.63. The van der Waals surface area contributed by atoms with Gasteiger partial charge in [-0.2, -0.15) is 13.2 Å². The van der Waals surface area contributed by atoms with Gasteiger partial charge in [0, 0.05) is 23.2 Å². The number of carbonyl (C=O) groups is 1. The maximum atomic E-state index is 13.3. The summed E-state index contributed by atoms with van der Waals surface area (Å²) >= 11 is 0. The van der Waals surface area contributed by atoms with Crippen molar-refractivity contribution in [2.45, 2.75) is 55.3 Å². The number of nitrogens with one attached hydrogen (secondary N) is 2. The fourth-order valence-electron chi connectivity index (χ4n) is 5.23. The van der Waals surface area contributed by atoms with Gasteiger partial charge in [0.2, 0.25) is 0 Å². The average Bonchev–Trinajstić information content (AvgIpc) is 2.96. The quantitative estimate of drug-likeness (QED) is 0.338. The van der Waals surface area contributed by atoms with Gasteiger partial charge in [-0.1, -0.05) is 17.9 Å². The molecule has 0 aromatic heterocycles. The number of sulfone groups is 1. The molecule has 8 nitrogen and oxygen atoms in total. The summed E-state index contributed by atoms with van der Waals surface area (Å²) in [5.74, 6) is 4.48. The van der Waals surface area contributed by atoms with E-state index in [2.05, 4.69) is 32.2 Å². The molecule has 0 aliphatic carbocycles. The topological polar surface area (TPSA) is 103 Å². The third kappa shape index (κ3) is 7.90. The molecule has 0 saturated carbocycles. The Morgan fingerprint density at radius 2 is 1.76 bits per heavy atom. The second-order valence-electron chi connectivity index (χ2n) is 10.9. The molecule has 1 atom stereocenters. The predicted octanol–water partition coefficient (Wildman–Crippen LogP) is 4.24. The summed E-state index contributed by atoms with van der Waals surface area (Å²) < 4.78 is 65.7. The molecular formula is C30H33F3N4O4S. The Labute approximate surface area is 244 Å². The molecule has 2 aliphatic heterocycles. The molecule has 224 valence electrons. The molecule has 3 N–H and O–H groups in total. The van der Waals surface area contributed by atoms with E-state index in [1.165, 1.54) is 25.0 Å². The molecule has 1 unspecified atom stereocenters. The van der Waals surface area contributed by atoms with Gasteiger partial charge in [-0.05, 0) is 95.2 Å². The Hall–Kier alpha value is -3.42. The average molecular weight is 603 g/mol. The van der Waals surface area contributed by atoms with Crippen LogP contribution < -0.4 is 10.6 Å². The molecule has 2 aromatic rings. The lowest BCUT2D eigenvalue weighted by Gasteiger charge is -2.38. The van der Waals surface area contributed by atoms with E-state index in [0.29, 0.717) is 17.7 Å². The van der Waals surface area contributed by atoms with Gasteiger partial charge in [0.1, 0.15) is 0 Å². The SMILES string of the molecule is [C-]#[N+]c1ccc(NC(=O)C(C)(O)CS(=O)(=O)c2ccc(C#CC3CCN(C4CCNCC4)CC3)cc2)cc1C(F)(F)F. The van der Waals surface area contributed by atoms with Crippen LogP contribution in [0.5, 0.6) is 0 Å². The van der Waals surface area contributed by atoms with Crippen LogP contribution in [0.15, 0.2) is 47.4 Å². The van der Waals surface area contributed by atoms with Crippen molar-refractivity contribution in [1.29, 1.82) is 0 Å². The summed E-state index contributed by atoms with van der Waals surface area (Å²) in [4.78, 5) is 17.9. The van der Waals surface area contributed by atoms with Crippen LogP contribution >= 0.6 is 0 Å². The molecule has 4 rings (SSSR count). The summed E-state index contributed by atoms with van der Waals surface area (Å²) in [6.07, 6.45) is -0.518. The van der Waals surface area contributed by atoms with Crippen LogP contribution in [0.1, 0.15) is 43.7 Å². The van der Waals surface area contributed by atoms with Gasteiger partial charge in [-0.25, -0.2) is 13.3 Å². The molecule has 42 heavy (non-hydrogen) atoms. The van der Waals surface area contributed by atoms with Gasteiger partial charge in [0.05, 0.1) is 22.8 Å². The van der Waals surface area contributed by atoms with Crippen molar-refractivity contribution in [3.05, 3.63) is 65.0 Å². The predicted molar refractivity (Wildman–Crippen MR) is 153 cm³/mol. The molecule has 2 fully saturated rings. The Kier molecular flexibility index (Phi) is 9.63. The van der Waals surface area contributed by atoms with Crippen LogP contribution in [-0.4, -0.2) is 67.9 Å². The Morgan fingerprint density at radius 1 is 1.12 bits per heavy atom. The van der Waals surface area contributed by atoms with E-state index in [0.717, 1.165) is 58.1 Å². The second-order valence-corrected chi connectivity index (χ2v) is 12.9. The number of hydrogen-bond acceptors (Lipinski definition) is 6. The summed E-state index contributed by atoms with van der Waals surface area (Å²) in [5, 5.41) is 16.2. The van der Waals surface area contributed by atoms with Crippen molar-refractivity contribution in [1.82, 2.24) is 10.2 Å². The van der Waals surface area contributed by atoms with E-state index in [1.807, 2.05) is 0 Å². The highest BCUT2D eigenvalue weighted by Gasteiger charge is 2.38. The lowest BCUT2D eigenvalue weighted by atomic mass is 9.94. The number of hydrogen-bond donors (Lipinski definition) is 3. The number of nitrogens with zero attached hydrogens (tertiary/aromatic N) is 2. The zero-order valence-electron chi connectivity index (χ0n) is 23.2. The number of rotatable bonds is 6. The van der Waals surface area contributed by atoms with Gasteiger partial charge in [0.15, 0.2) is 21.1 Å². The number of benzene rings is 2. The van der Waals surface area contributed by atoms with Crippen molar-refractivity contribution in [2.24, 2.45) is 5.92 Å². The minimum absolute atomic E-state index is 0.128. The maximum Gasteiger partial charge on any atom is 0.407 e. The fraction of sp³-hybridized carbons (Fsp3) is 0.467. The van der Waals surface area contributed by atoms with Crippen LogP contribution in [0.25, 0.3) is 4.85 Å². The first-order valence-corrected chi connectivity index (χ1v) is 15.4. The summed E-state index contributed by atoms with van der Waals surface area (Å²) in [6.45, 7) is 12.0. The van der Waals surface area contributed by atoms with Gasteiger partial charge in [-0.3, -0.25) is 4.79 Å². The molecule has 2 aliphatic rings. The molecular weight excluding hydrogens is 569 g/mol. The van der Waals surface area contributed by atoms with Gasteiger partial charge < -0.3 is 20.6 Å². The first-order chi connectivity index (χ1) is 19.8. The van der Waals surface area contributed by atoms with E-state index in [4.69, 9.17) is 6.57 Å². The van der Waals surface area contributed by atoms with Crippen molar-refractivity contribution < 1.29 is 31.5 Å². The molecule has 2 aromatic carbocycles. The first-order valence-electron chi connectivity index (χ1n) is 13.7. The smallest absolute Gasteiger partial charge is 0.379 e. The number of likely N-dealkylation sites (tertiary alicyclic amines) is 1. The van der Waals surface area contributed by atoms with Crippen molar-refractivity contribution in [2.75, 3.05) is 37.2 Å². The largest absolute Gasteiger partial charge is 0.407 e. The number of amides is 1. The summed E-state index contributed by atoms with van der Waals surface area (Å²) in [6, 6.07) is 9.00. The number of anilines is 1. The van der Waals surface area contributed by atoms with Gasteiger partial charge in [-0.15, -0.1) is 0 Å². The Morgan fingerprint density at radius 3 is 2.36 bits per heavy atom. The molecule has 1 amide bonds. The minimum atomic E-state index is -4.84. The number of piperidine rings is 2. The van der Waals surface area contributed by atoms with E-state index < -0.39 is 44.5 Å².